The molecule has 0 aliphatic carbocycles. The largest absolute Gasteiger partial charge is 0.373 e. The third-order valence-corrected chi connectivity index (χ3v) is 4.76. The first-order valence-electron chi connectivity index (χ1n) is 8.18. The summed E-state index contributed by atoms with van der Waals surface area (Å²) in [5.74, 6) is 4.75. The van der Waals surface area contributed by atoms with Crippen molar-refractivity contribution in [1.29, 1.82) is 0 Å². The van der Waals surface area contributed by atoms with Crippen LogP contribution in [0.25, 0.3) is 0 Å². The van der Waals surface area contributed by atoms with Crippen LogP contribution in [0.5, 0.6) is 0 Å². The number of anilines is 2. The highest BCUT2D eigenvalue weighted by molar-refractivity contribution is 5.59. The molecule has 3 unspecified atom stereocenters. The zero-order chi connectivity index (χ0) is 15.7. The molecule has 1 aliphatic heterocycles. The fourth-order valence-corrected chi connectivity index (χ4v) is 3.30. The molecule has 0 saturated carbocycles. The summed E-state index contributed by atoms with van der Waals surface area (Å²) in [5, 5.41) is 3.23. The summed E-state index contributed by atoms with van der Waals surface area (Å²) in [6.07, 6.45) is 1.30. The molecule has 0 spiro atoms. The zero-order valence-electron chi connectivity index (χ0n) is 14.6. The van der Waals surface area contributed by atoms with Gasteiger partial charge in [-0.25, -0.2) is 9.97 Å². The number of rotatable bonds is 3. The van der Waals surface area contributed by atoms with Crippen LogP contribution in [-0.2, 0) is 0 Å². The van der Waals surface area contributed by atoms with Crippen molar-refractivity contribution < 1.29 is 0 Å². The van der Waals surface area contributed by atoms with Crippen LogP contribution in [0.15, 0.2) is 0 Å². The van der Waals surface area contributed by atoms with Gasteiger partial charge in [0.1, 0.15) is 17.5 Å². The smallest absolute Gasteiger partial charge is 0.137 e. The Morgan fingerprint density at radius 1 is 1.19 bits per heavy atom. The Morgan fingerprint density at radius 2 is 1.86 bits per heavy atom. The summed E-state index contributed by atoms with van der Waals surface area (Å²) in [6.45, 7) is 14.5. The van der Waals surface area contributed by atoms with Gasteiger partial charge in [-0.15, -0.1) is 0 Å². The van der Waals surface area contributed by atoms with Gasteiger partial charge < -0.3 is 10.2 Å². The lowest BCUT2D eigenvalue weighted by Gasteiger charge is -2.42. The van der Waals surface area contributed by atoms with E-state index >= 15 is 0 Å². The molecule has 1 N–H and O–H groups in total. The van der Waals surface area contributed by atoms with E-state index in [0.29, 0.717) is 23.8 Å². The molecule has 0 amide bonds. The van der Waals surface area contributed by atoms with Crippen LogP contribution in [-0.4, -0.2) is 29.6 Å². The Balaban J connectivity index is 2.48. The van der Waals surface area contributed by atoms with Crippen LogP contribution in [0.3, 0.4) is 0 Å². The van der Waals surface area contributed by atoms with Gasteiger partial charge in [-0.05, 0) is 32.1 Å². The van der Waals surface area contributed by atoms with Crippen molar-refractivity contribution in [3.8, 4) is 0 Å². The molecule has 3 atom stereocenters. The van der Waals surface area contributed by atoms with Crippen molar-refractivity contribution in [3.63, 3.8) is 0 Å². The average molecular weight is 290 g/mol. The highest BCUT2D eigenvalue weighted by Gasteiger charge is 2.31. The molecule has 21 heavy (non-hydrogen) atoms. The van der Waals surface area contributed by atoms with E-state index in [1.807, 2.05) is 7.05 Å². The van der Waals surface area contributed by atoms with Crippen LogP contribution in [0.2, 0.25) is 0 Å². The molecular weight excluding hydrogens is 260 g/mol. The molecule has 2 heterocycles. The first-order chi connectivity index (χ1) is 9.85. The Morgan fingerprint density at radius 3 is 2.43 bits per heavy atom. The molecule has 1 aliphatic rings. The topological polar surface area (TPSA) is 41.1 Å². The van der Waals surface area contributed by atoms with E-state index in [2.05, 4.69) is 56.7 Å². The summed E-state index contributed by atoms with van der Waals surface area (Å²) >= 11 is 0. The minimum absolute atomic E-state index is 0.339. The average Bonchev–Trinajstić information content (AvgIpc) is 2.43. The number of aromatic nitrogens is 2. The predicted octanol–water partition coefficient (Wildman–Crippen LogP) is 3.82. The Kier molecular flexibility index (Phi) is 4.74. The van der Waals surface area contributed by atoms with Crippen molar-refractivity contribution in [2.24, 2.45) is 11.8 Å². The van der Waals surface area contributed by atoms with Crippen LogP contribution in [0.1, 0.15) is 58.3 Å². The maximum atomic E-state index is 4.90. The second-order valence-electron chi connectivity index (χ2n) is 6.99. The van der Waals surface area contributed by atoms with Crippen molar-refractivity contribution >= 4 is 11.6 Å². The lowest BCUT2D eigenvalue weighted by Crippen LogP contribution is -2.46. The molecule has 1 aromatic heterocycles. The summed E-state index contributed by atoms with van der Waals surface area (Å²) < 4.78 is 0. The Bertz CT molecular complexity index is 498. The van der Waals surface area contributed by atoms with Gasteiger partial charge in [0.25, 0.3) is 0 Å². The summed E-state index contributed by atoms with van der Waals surface area (Å²) in [5.41, 5.74) is 1.16. The second-order valence-corrected chi connectivity index (χ2v) is 6.99. The number of hydrogen-bond donors (Lipinski definition) is 1. The monoisotopic (exact) mass is 290 g/mol. The van der Waals surface area contributed by atoms with Crippen LogP contribution >= 0.6 is 0 Å². The van der Waals surface area contributed by atoms with Gasteiger partial charge in [0, 0.05) is 31.1 Å². The highest BCUT2D eigenvalue weighted by Crippen LogP contribution is 2.34. The molecule has 2 rings (SSSR count). The molecular formula is C17H30N4. The molecule has 0 radical (unpaired) electrons. The SMILES string of the molecule is CNc1nc(C(C)C)nc(N2CC(C)CC(C)C2C)c1C. The Hall–Kier alpha value is -1.32. The van der Waals surface area contributed by atoms with E-state index in [9.17, 15) is 0 Å². The van der Waals surface area contributed by atoms with Gasteiger partial charge in [-0.2, -0.15) is 0 Å². The van der Waals surface area contributed by atoms with Crippen molar-refractivity contribution in [3.05, 3.63) is 11.4 Å². The van der Waals surface area contributed by atoms with Crippen molar-refractivity contribution in [2.75, 3.05) is 23.8 Å². The standard InChI is InChI=1S/C17H30N4/c1-10(2)15-19-16(18-7)13(5)17(20-15)21-9-11(3)8-12(4)14(21)6/h10-12,14H,8-9H2,1-7H3,(H,18,19,20). The van der Waals surface area contributed by atoms with Crippen LogP contribution < -0.4 is 10.2 Å². The number of nitrogens with zero attached hydrogens (tertiary/aromatic N) is 3. The minimum atomic E-state index is 0.339. The van der Waals surface area contributed by atoms with Gasteiger partial charge in [0.2, 0.25) is 0 Å². The van der Waals surface area contributed by atoms with E-state index in [4.69, 9.17) is 4.98 Å². The van der Waals surface area contributed by atoms with Crippen molar-refractivity contribution in [1.82, 2.24) is 9.97 Å². The van der Waals surface area contributed by atoms with Gasteiger partial charge >= 0.3 is 0 Å². The molecule has 4 nitrogen and oxygen atoms in total. The first-order valence-corrected chi connectivity index (χ1v) is 8.18. The third kappa shape index (κ3) is 3.14. The molecule has 1 saturated heterocycles. The molecule has 1 aromatic rings. The fraction of sp³-hybridized carbons (Fsp3) is 0.765. The predicted molar refractivity (Wildman–Crippen MR) is 90.2 cm³/mol. The van der Waals surface area contributed by atoms with Gasteiger partial charge in [0.05, 0.1) is 0 Å². The van der Waals surface area contributed by atoms with Gasteiger partial charge in [-0.3, -0.25) is 0 Å². The van der Waals surface area contributed by atoms with E-state index in [1.54, 1.807) is 0 Å². The van der Waals surface area contributed by atoms with Crippen LogP contribution in [0.4, 0.5) is 11.6 Å². The number of piperidine rings is 1. The molecule has 4 heteroatoms. The molecule has 0 bridgehead atoms. The normalized spacial score (nSPS) is 26.3. The number of nitrogens with one attached hydrogen (secondary N) is 1. The summed E-state index contributed by atoms with van der Waals surface area (Å²) in [4.78, 5) is 12.0. The van der Waals surface area contributed by atoms with Gasteiger partial charge in [-0.1, -0.05) is 27.7 Å². The van der Waals surface area contributed by atoms with E-state index in [1.165, 1.54) is 6.42 Å². The second kappa shape index (κ2) is 6.20. The third-order valence-electron chi connectivity index (χ3n) is 4.76. The first kappa shape index (κ1) is 16.1. The van der Waals surface area contributed by atoms with Crippen molar-refractivity contribution in [2.45, 2.75) is 59.9 Å². The van der Waals surface area contributed by atoms with E-state index in [0.717, 1.165) is 29.6 Å². The lowest BCUT2D eigenvalue weighted by atomic mass is 9.86. The summed E-state index contributed by atoms with van der Waals surface area (Å²) in [6, 6.07) is 0.527. The lowest BCUT2D eigenvalue weighted by molar-refractivity contribution is 0.295. The van der Waals surface area contributed by atoms with E-state index in [-0.39, 0.29) is 0 Å². The Labute approximate surface area is 129 Å². The zero-order valence-corrected chi connectivity index (χ0v) is 14.6. The van der Waals surface area contributed by atoms with Crippen LogP contribution in [0, 0.1) is 18.8 Å². The fourth-order valence-electron chi connectivity index (χ4n) is 3.30. The maximum Gasteiger partial charge on any atom is 0.137 e. The number of hydrogen-bond acceptors (Lipinski definition) is 4. The minimum Gasteiger partial charge on any atom is -0.373 e. The van der Waals surface area contributed by atoms with E-state index < -0.39 is 0 Å². The quantitative estimate of drug-likeness (QED) is 0.919. The maximum absolute atomic E-state index is 4.90. The molecule has 118 valence electrons. The molecule has 0 aromatic carbocycles. The van der Waals surface area contributed by atoms with Gasteiger partial charge in [0.15, 0.2) is 0 Å². The summed E-state index contributed by atoms with van der Waals surface area (Å²) in [7, 11) is 1.94. The highest BCUT2D eigenvalue weighted by atomic mass is 15.2. The molecule has 1 fully saturated rings.